The van der Waals surface area contributed by atoms with Crippen LogP contribution in [0, 0.1) is 11.3 Å². The molecule has 0 bridgehead atoms. The third-order valence-electron chi connectivity index (χ3n) is 4.01. The summed E-state index contributed by atoms with van der Waals surface area (Å²) in [6.07, 6.45) is -2.90. The van der Waals surface area contributed by atoms with E-state index in [0.29, 0.717) is 15.5 Å². The highest BCUT2D eigenvalue weighted by molar-refractivity contribution is 7.99. The lowest BCUT2D eigenvalue weighted by Gasteiger charge is -2.43. The Labute approximate surface area is 182 Å². The van der Waals surface area contributed by atoms with Gasteiger partial charge >= 0.3 is 17.9 Å². The highest BCUT2D eigenvalue weighted by Crippen LogP contribution is 2.36. The van der Waals surface area contributed by atoms with Gasteiger partial charge < -0.3 is 24.7 Å². The second-order valence-corrected chi connectivity index (χ2v) is 8.08. The van der Waals surface area contributed by atoms with Crippen molar-refractivity contribution in [1.82, 2.24) is 0 Å². The van der Waals surface area contributed by atoms with Crippen LogP contribution in [0.25, 0.3) is 0 Å². The Balaban J connectivity index is 2.35. The molecule has 162 valence electrons. The lowest BCUT2D eigenvalue weighted by Crippen LogP contribution is -2.63. The average Bonchev–Trinajstić information content (AvgIpc) is 2.64. The maximum absolute atomic E-state index is 11.7. The van der Waals surface area contributed by atoms with Crippen LogP contribution in [-0.4, -0.2) is 54.3 Å². The first-order valence-corrected chi connectivity index (χ1v) is 10.1. The molecule has 2 N–H and O–H groups in total. The predicted molar refractivity (Wildman–Crippen MR) is 106 cm³/mol. The summed E-state index contributed by atoms with van der Waals surface area (Å²) in [7, 11) is 0. The number of esters is 3. The number of nitrogens with two attached hydrogens (primary N) is 1. The van der Waals surface area contributed by atoms with E-state index < -0.39 is 47.7 Å². The van der Waals surface area contributed by atoms with Crippen LogP contribution in [0.2, 0.25) is 5.02 Å². The Bertz CT molecular complexity index is 858. The van der Waals surface area contributed by atoms with E-state index in [2.05, 4.69) is 0 Å². The highest BCUT2D eigenvalue weighted by atomic mass is 35.5. The maximum Gasteiger partial charge on any atom is 0.303 e. The van der Waals surface area contributed by atoms with Crippen LogP contribution in [0.15, 0.2) is 23.1 Å². The normalized spacial score (nSPS) is 25.7. The van der Waals surface area contributed by atoms with E-state index in [1.54, 1.807) is 12.1 Å². The summed E-state index contributed by atoms with van der Waals surface area (Å²) >= 11 is 7.18. The molecule has 1 aromatic carbocycles. The Morgan fingerprint density at radius 3 is 2.33 bits per heavy atom. The summed E-state index contributed by atoms with van der Waals surface area (Å²) in [6, 6.07) is 5.76. The van der Waals surface area contributed by atoms with Crippen molar-refractivity contribution in [3.05, 3.63) is 28.8 Å². The standard InChI is InChI=1S/C19H21ClN2O7S/c1-9(23)26-8-15-17(27-10(2)24)16(22)18(28-11(3)25)19(29-15)30-14-5-12(7-21)4-13(20)6-14/h4-6,15-19H,8,22H2,1-3H3. The number of hydrogen-bond acceptors (Lipinski definition) is 10. The van der Waals surface area contributed by atoms with Gasteiger partial charge in [-0.1, -0.05) is 23.4 Å². The van der Waals surface area contributed by atoms with Gasteiger partial charge in [-0.25, -0.2) is 0 Å². The second-order valence-electron chi connectivity index (χ2n) is 6.48. The fraction of sp³-hybridized carbons (Fsp3) is 0.474. The zero-order valence-electron chi connectivity index (χ0n) is 16.5. The average molecular weight is 457 g/mol. The van der Waals surface area contributed by atoms with Gasteiger partial charge in [0.1, 0.15) is 24.3 Å². The van der Waals surface area contributed by atoms with E-state index in [1.807, 2.05) is 6.07 Å². The van der Waals surface area contributed by atoms with Gasteiger partial charge in [-0.05, 0) is 18.2 Å². The number of carbonyl (C=O) groups excluding carboxylic acids is 3. The number of rotatable bonds is 6. The first kappa shape index (κ1) is 24.0. The molecule has 5 unspecified atom stereocenters. The van der Waals surface area contributed by atoms with Crippen molar-refractivity contribution in [2.45, 2.75) is 55.5 Å². The molecule has 1 aromatic rings. The zero-order chi connectivity index (χ0) is 22.4. The van der Waals surface area contributed by atoms with Crippen molar-refractivity contribution in [3.63, 3.8) is 0 Å². The minimum atomic E-state index is -1.02. The highest BCUT2D eigenvalue weighted by Gasteiger charge is 2.48. The molecule has 5 atom stereocenters. The van der Waals surface area contributed by atoms with Gasteiger partial charge in [-0.2, -0.15) is 5.26 Å². The summed E-state index contributed by atoms with van der Waals surface area (Å²) in [6.45, 7) is 3.43. The van der Waals surface area contributed by atoms with Crippen LogP contribution < -0.4 is 5.73 Å². The number of hydrogen-bond donors (Lipinski definition) is 1. The van der Waals surface area contributed by atoms with E-state index in [-0.39, 0.29) is 6.61 Å². The first-order chi connectivity index (χ1) is 14.1. The van der Waals surface area contributed by atoms with E-state index >= 15 is 0 Å². The molecular weight excluding hydrogens is 436 g/mol. The summed E-state index contributed by atoms with van der Waals surface area (Å²) in [4.78, 5) is 35.0. The quantitative estimate of drug-likeness (QED) is 0.497. The minimum absolute atomic E-state index is 0.218. The molecule has 1 heterocycles. The monoisotopic (exact) mass is 456 g/mol. The van der Waals surface area contributed by atoms with Crippen molar-refractivity contribution in [2.24, 2.45) is 5.73 Å². The molecule has 0 aromatic heterocycles. The fourth-order valence-electron chi connectivity index (χ4n) is 2.87. The third-order valence-corrected chi connectivity index (χ3v) is 5.35. The molecule has 1 aliphatic rings. The first-order valence-electron chi connectivity index (χ1n) is 8.87. The molecule has 1 saturated heterocycles. The minimum Gasteiger partial charge on any atom is -0.463 e. The van der Waals surface area contributed by atoms with Crippen LogP contribution in [0.1, 0.15) is 26.3 Å². The van der Waals surface area contributed by atoms with Crippen molar-refractivity contribution < 1.29 is 33.3 Å². The van der Waals surface area contributed by atoms with Crippen molar-refractivity contribution in [3.8, 4) is 6.07 Å². The number of carbonyl (C=O) groups is 3. The van der Waals surface area contributed by atoms with Gasteiger partial charge in [0, 0.05) is 30.7 Å². The molecule has 0 aliphatic carbocycles. The number of halogens is 1. The van der Waals surface area contributed by atoms with Crippen LogP contribution in [-0.2, 0) is 33.3 Å². The van der Waals surface area contributed by atoms with E-state index in [0.717, 1.165) is 11.8 Å². The molecule has 11 heteroatoms. The number of ether oxygens (including phenoxy) is 4. The SMILES string of the molecule is CC(=O)OCC1OC(Sc2cc(Cl)cc(C#N)c2)C(OC(C)=O)C(N)C1OC(C)=O. The Morgan fingerprint density at radius 2 is 1.77 bits per heavy atom. The van der Waals surface area contributed by atoms with Gasteiger partial charge in [-0.3, -0.25) is 14.4 Å². The van der Waals surface area contributed by atoms with Crippen molar-refractivity contribution >= 4 is 41.3 Å². The van der Waals surface area contributed by atoms with Gasteiger partial charge in [0.15, 0.2) is 6.10 Å². The van der Waals surface area contributed by atoms with E-state index in [4.69, 9.17) is 41.5 Å². The molecule has 2 rings (SSSR count). The van der Waals surface area contributed by atoms with E-state index in [1.165, 1.54) is 26.8 Å². The van der Waals surface area contributed by atoms with Gasteiger partial charge in [-0.15, -0.1) is 0 Å². The molecule has 9 nitrogen and oxygen atoms in total. The molecule has 1 aliphatic heterocycles. The molecule has 30 heavy (non-hydrogen) atoms. The fourth-order valence-corrected chi connectivity index (χ4v) is 4.40. The lowest BCUT2D eigenvalue weighted by molar-refractivity contribution is -0.201. The third kappa shape index (κ3) is 6.60. The molecule has 0 spiro atoms. The predicted octanol–water partition coefficient (Wildman–Crippen LogP) is 1.78. The van der Waals surface area contributed by atoms with Crippen LogP contribution in [0.4, 0.5) is 0 Å². The summed E-state index contributed by atoms with van der Waals surface area (Å²) in [5.41, 5.74) is 5.77. The summed E-state index contributed by atoms with van der Waals surface area (Å²) < 4.78 is 21.6. The van der Waals surface area contributed by atoms with Gasteiger partial charge in [0.2, 0.25) is 0 Å². The Kier molecular flexibility index (Phi) is 8.49. The number of benzene rings is 1. The second kappa shape index (κ2) is 10.6. The molecule has 0 amide bonds. The summed E-state index contributed by atoms with van der Waals surface area (Å²) in [5.74, 6) is -1.77. The number of nitrogens with zero attached hydrogens (tertiary/aromatic N) is 1. The van der Waals surface area contributed by atoms with Crippen molar-refractivity contribution in [1.29, 1.82) is 5.26 Å². The molecule has 0 saturated carbocycles. The van der Waals surface area contributed by atoms with Crippen molar-refractivity contribution in [2.75, 3.05) is 6.61 Å². The smallest absolute Gasteiger partial charge is 0.303 e. The zero-order valence-corrected chi connectivity index (χ0v) is 18.1. The van der Waals surface area contributed by atoms with Gasteiger partial charge in [0.25, 0.3) is 0 Å². The number of thioether (sulfide) groups is 1. The molecular formula is C19H21ClN2O7S. The van der Waals surface area contributed by atoms with Crippen LogP contribution >= 0.6 is 23.4 Å². The van der Waals surface area contributed by atoms with Crippen LogP contribution in [0.3, 0.4) is 0 Å². The lowest BCUT2D eigenvalue weighted by atomic mass is 9.97. The topological polar surface area (TPSA) is 138 Å². The van der Waals surface area contributed by atoms with Crippen LogP contribution in [0.5, 0.6) is 0 Å². The van der Waals surface area contributed by atoms with E-state index in [9.17, 15) is 14.4 Å². The number of nitriles is 1. The molecule has 0 radical (unpaired) electrons. The molecule has 1 fully saturated rings. The largest absolute Gasteiger partial charge is 0.463 e. The Morgan fingerprint density at radius 1 is 1.13 bits per heavy atom. The maximum atomic E-state index is 11.7. The van der Waals surface area contributed by atoms with Gasteiger partial charge in [0.05, 0.1) is 17.7 Å². The Hall–Kier alpha value is -2.32. The summed E-state index contributed by atoms with van der Waals surface area (Å²) in [5, 5.41) is 9.50.